The topological polar surface area (TPSA) is 67.2 Å². The SMILES string of the molecule is C[C@H](NC(=O)[C@@H](O)c1cc(Cl)cc(Cl)c1)c1cnn(C)c1. The molecule has 0 unspecified atom stereocenters. The number of carbonyl (C=O) groups excluding carboxylic acids is 1. The van der Waals surface area contributed by atoms with Gasteiger partial charge in [0.1, 0.15) is 0 Å². The third-order valence-electron chi connectivity index (χ3n) is 3.03. The van der Waals surface area contributed by atoms with Crippen LogP contribution >= 0.6 is 23.2 Å². The zero-order valence-corrected chi connectivity index (χ0v) is 13.1. The molecule has 1 heterocycles. The zero-order chi connectivity index (χ0) is 15.6. The molecule has 0 aliphatic heterocycles. The fourth-order valence-corrected chi connectivity index (χ4v) is 2.47. The lowest BCUT2D eigenvalue weighted by atomic mass is 10.1. The molecule has 112 valence electrons. The third-order valence-corrected chi connectivity index (χ3v) is 3.47. The molecule has 2 N–H and O–H groups in total. The van der Waals surface area contributed by atoms with E-state index in [9.17, 15) is 9.90 Å². The largest absolute Gasteiger partial charge is 0.378 e. The Morgan fingerprint density at radius 3 is 2.43 bits per heavy atom. The van der Waals surface area contributed by atoms with Crippen LogP contribution < -0.4 is 5.32 Å². The summed E-state index contributed by atoms with van der Waals surface area (Å²) in [6.45, 7) is 1.81. The summed E-state index contributed by atoms with van der Waals surface area (Å²) in [5.41, 5.74) is 1.20. The highest BCUT2D eigenvalue weighted by Crippen LogP contribution is 2.24. The molecule has 2 rings (SSSR count). The van der Waals surface area contributed by atoms with E-state index < -0.39 is 12.0 Å². The summed E-state index contributed by atoms with van der Waals surface area (Å²) in [4.78, 5) is 12.1. The molecule has 1 amide bonds. The van der Waals surface area contributed by atoms with Gasteiger partial charge < -0.3 is 10.4 Å². The second-order valence-electron chi connectivity index (χ2n) is 4.78. The number of hydrogen-bond donors (Lipinski definition) is 2. The Morgan fingerprint density at radius 1 is 1.29 bits per heavy atom. The van der Waals surface area contributed by atoms with E-state index in [0.717, 1.165) is 5.56 Å². The Labute approximate surface area is 132 Å². The normalized spacial score (nSPS) is 13.8. The van der Waals surface area contributed by atoms with Gasteiger partial charge in [-0.3, -0.25) is 9.48 Å². The average molecular weight is 328 g/mol. The lowest BCUT2D eigenvalue weighted by molar-refractivity contribution is -0.130. The Bertz CT molecular complexity index is 637. The maximum absolute atomic E-state index is 12.1. The van der Waals surface area contributed by atoms with Crippen molar-refractivity contribution in [1.29, 1.82) is 0 Å². The molecule has 0 saturated heterocycles. The van der Waals surface area contributed by atoms with Gasteiger partial charge >= 0.3 is 0 Å². The summed E-state index contributed by atoms with van der Waals surface area (Å²) < 4.78 is 1.64. The number of aliphatic hydroxyl groups is 1. The van der Waals surface area contributed by atoms with Crippen molar-refractivity contribution in [1.82, 2.24) is 15.1 Å². The predicted octanol–water partition coefficient (Wildman–Crippen LogP) is 2.64. The standard InChI is InChI=1S/C14H15Cl2N3O2/c1-8(10-6-17-19(2)7-10)18-14(21)13(20)9-3-11(15)5-12(16)4-9/h3-8,13,20H,1-2H3,(H,18,21)/t8-,13-/m0/s1. The van der Waals surface area contributed by atoms with Crippen molar-refractivity contribution in [2.45, 2.75) is 19.1 Å². The molecule has 21 heavy (non-hydrogen) atoms. The minimum atomic E-state index is -1.33. The van der Waals surface area contributed by atoms with Crippen LogP contribution in [0.15, 0.2) is 30.6 Å². The molecule has 0 spiro atoms. The van der Waals surface area contributed by atoms with Gasteiger partial charge in [-0.1, -0.05) is 23.2 Å². The Hall–Kier alpha value is -1.56. The minimum absolute atomic E-state index is 0.268. The van der Waals surface area contributed by atoms with E-state index in [1.807, 2.05) is 6.92 Å². The molecule has 0 aliphatic carbocycles. The average Bonchev–Trinajstić information content (AvgIpc) is 2.83. The number of nitrogens with zero attached hydrogens (tertiary/aromatic N) is 2. The zero-order valence-electron chi connectivity index (χ0n) is 11.5. The number of aryl methyl sites for hydroxylation is 1. The number of carbonyl (C=O) groups is 1. The number of aromatic nitrogens is 2. The number of hydrogen-bond acceptors (Lipinski definition) is 3. The second-order valence-corrected chi connectivity index (χ2v) is 5.66. The monoisotopic (exact) mass is 327 g/mol. The lowest BCUT2D eigenvalue weighted by Crippen LogP contribution is -2.31. The van der Waals surface area contributed by atoms with Gasteiger partial charge in [0, 0.05) is 28.9 Å². The summed E-state index contributed by atoms with van der Waals surface area (Å²) >= 11 is 11.7. The van der Waals surface area contributed by atoms with Crippen LogP contribution in [0.5, 0.6) is 0 Å². The van der Waals surface area contributed by atoms with Crippen molar-refractivity contribution in [3.05, 3.63) is 51.8 Å². The van der Waals surface area contributed by atoms with E-state index in [4.69, 9.17) is 23.2 Å². The lowest BCUT2D eigenvalue weighted by Gasteiger charge is -2.16. The Morgan fingerprint density at radius 2 is 1.90 bits per heavy atom. The van der Waals surface area contributed by atoms with Gasteiger partial charge in [-0.2, -0.15) is 5.10 Å². The van der Waals surface area contributed by atoms with Crippen LogP contribution in [0, 0.1) is 0 Å². The van der Waals surface area contributed by atoms with Gasteiger partial charge in [0.2, 0.25) is 0 Å². The number of rotatable bonds is 4. The molecule has 0 fully saturated rings. The quantitative estimate of drug-likeness (QED) is 0.907. The summed E-state index contributed by atoms with van der Waals surface area (Å²) in [5, 5.41) is 17.6. The number of benzene rings is 1. The van der Waals surface area contributed by atoms with Crippen LogP contribution in [-0.4, -0.2) is 20.8 Å². The van der Waals surface area contributed by atoms with Gasteiger partial charge in [0.05, 0.1) is 12.2 Å². The highest BCUT2D eigenvalue weighted by atomic mass is 35.5. The smallest absolute Gasteiger partial charge is 0.253 e. The molecular weight excluding hydrogens is 313 g/mol. The summed E-state index contributed by atoms with van der Waals surface area (Å²) in [7, 11) is 1.79. The van der Waals surface area contributed by atoms with Crippen LogP contribution in [0.25, 0.3) is 0 Å². The van der Waals surface area contributed by atoms with E-state index >= 15 is 0 Å². The molecule has 2 aromatic rings. The fourth-order valence-electron chi connectivity index (χ4n) is 1.92. The molecule has 0 aliphatic rings. The molecule has 0 radical (unpaired) electrons. The van der Waals surface area contributed by atoms with Gasteiger partial charge in [0.15, 0.2) is 6.10 Å². The van der Waals surface area contributed by atoms with E-state index in [2.05, 4.69) is 10.4 Å². The highest BCUT2D eigenvalue weighted by molar-refractivity contribution is 6.34. The second kappa shape index (κ2) is 6.47. The Balaban J connectivity index is 2.08. The van der Waals surface area contributed by atoms with Crippen LogP contribution in [0.2, 0.25) is 10.0 Å². The predicted molar refractivity (Wildman–Crippen MR) is 81.2 cm³/mol. The first-order chi connectivity index (χ1) is 9.86. The van der Waals surface area contributed by atoms with Gasteiger partial charge in [-0.15, -0.1) is 0 Å². The molecule has 7 heteroatoms. The molecule has 0 saturated carbocycles. The highest BCUT2D eigenvalue weighted by Gasteiger charge is 2.21. The van der Waals surface area contributed by atoms with E-state index in [-0.39, 0.29) is 6.04 Å². The first kappa shape index (κ1) is 15.8. The van der Waals surface area contributed by atoms with Gasteiger partial charge in [-0.05, 0) is 30.7 Å². The van der Waals surface area contributed by atoms with Crippen molar-refractivity contribution in [2.75, 3.05) is 0 Å². The van der Waals surface area contributed by atoms with Crippen molar-refractivity contribution >= 4 is 29.1 Å². The number of amides is 1. The van der Waals surface area contributed by atoms with Crippen LogP contribution in [-0.2, 0) is 11.8 Å². The molecular formula is C14H15Cl2N3O2. The van der Waals surface area contributed by atoms with Crippen molar-refractivity contribution in [3.63, 3.8) is 0 Å². The van der Waals surface area contributed by atoms with E-state index in [0.29, 0.717) is 15.6 Å². The van der Waals surface area contributed by atoms with Crippen molar-refractivity contribution in [2.24, 2.45) is 7.05 Å². The Kier molecular flexibility index (Phi) is 4.88. The van der Waals surface area contributed by atoms with Gasteiger partial charge in [-0.25, -0.2) is 0 Å². The van der Waals surface area contributed by atoms with Gasteiger partial charge in [0.25, 0.3) is 5.91 Å². The third kappa shape index (κ3) is 3.97. The van der Waals surface area contributed by atoms with Crippen molar-refractivity contribution < 1.29 is 9.90 Å². The molecule has 1 aromatic heterocycles. The van der Waals surface area contributed by atoms with Crippen molar-refractivity contribution in [3.8, 4) is 0 Å². The van der Waals surface area contributed by atoms with E-state index in [1.165, 1.54) is 18.2 Å². The molecule has 1 aromatic carbocycles. The van der Waals surface area contributed by atoms with Crippen LogP contribution in [0.3, 0.4) is 0 Å². The summed E-state index contributed by atoms with van der Waals surface area (Å²) in [5.74, 6) is -0.523. The molecule has 0 bridgehead atoms. The fraction of sp³-hybridized carbons (Fsp3) is 0.286. The molecule has 2 atom stereocenters. The maximum Gasteiger partial charge on any atom is 0.253 e. The maximum atomic E-state index is 12.1. The summed E-state index contributed by atoms with van der Waals surface area (Å²) in [6.07, 6.45) is 2.13. The number of nitrogens with one attached hydrogen (secondary N) is 1. The first-order valence-corrected chi connectivity index (χ1v) is 7.05. The molecule has 5 nitrogen and oxygen atoms in total. The van der Waals surface area contributed by atoms with Crippen LogP contribution in [0.4, 0.5) is 0 Å². The number of aliphatic hydroxyl groups excluding tert-OH is 1. The first-order valence-electron chi connectivity index (χ1n) is 6.30. The minimum Gasteiger partial charge on any atom is -0.378 e. The summed E-state index contributed by atoms with van der Waals surface area (Å²) in [6, 6.07) is 4.28. The van der Waals surface area contributed by atoms with E-state index in [1.54, 1.807) is 24.1 Å². The number of halogens is 2. The van der Waals surface area contributed by atoms with Crippen LogP contribution in [0.1, 0.15) is 30.2 Å².